The maximum atomic E-state index is 13.8. The summed E-state index contributed by atoms with van der Waals surface area (Å²) in [6, 6.07) is 31.8. The summed E-state index contributed by atoms with van der Waals surface area (Å²) < 4.78 is 4.93. The standard InChI is InChI=1S/C35H29B2N3O3/c1-3-39-33(38-32-30(35(42)43-2)19-23(36)20-31(32)37)28-21-27(28)29(34(39)41)18-22-14-16-26(17-15-22)40(24-10-6-4-7-11-24)25-12-8-5-9-13-25/h4-20,27-28H,3,21H2,1-2H3/b29-18-,38-33?/t27-,28+/m1/s1. The lowest BCUT2D eigenvalue weighted by Crippen LogP contribution is -2.43. The second-order valence-electron chi connectivity index (χ2n) is 10.7. The molecule has 1 amide bonds. The quantitative estimate of drug-likeness (QED) is 0.178. The summed E-state index contributed by atoms with van der Waals surface area (Å²) in [4.78, 5) is 34.9. The van der Waals surface area contributed by atoms with E-state index in [4.69, 9.17) is 25.4 Å². The number of amides is 1. The fourth-order valence-electron chi connectivity index (χ4n) is 5.75. The van der Waals surface area contributed by atoms with Gasteiger partial charge in [-0.05, 0) is 67.3 Å². The maximum absolute atomic E-state index is 13.8. The Hall–Kier alpha value is -4.84. The Balaban J connectivity index is 1.31. The van der Waals surface area contributed by atoms with Crippen LogP contribution in [0.2, 0.25) is 0 Å². The molecule has 6 nitrogen and oxygen atoms in total. The zero-order valence-electron chi connectivity index (χ0n) is 24.1. The van der Waals surface area contributed by atoms with Crippen molar-refractivity contribution in [2.45, 2.75) is 13.3 Å². The molecule has 208 valence electrons. The molecule has 1 aliphatic carbocycles. The molecule has 0 bridgehead atoms. The number of fused-ring (bicyclic) bond motifs is 1. The van der Waals surface area contributed by atoms with Crippen LogP contribution in [0.5, 0.6) is 0 Å². The third-order valence-corrected chi connectivity index (χ3v) is 7.90. The van der Waals surface area contributed by atoms with Crippen LogP contribution in [0.4, 0.5) is 22.7 Å². The normalized spacial score (nSPS) is 19.3. The van der Waals surface area contributed by atoms with Crippen LogP contribution in [-0.4, -0.2) is 52.0 Å². The number of likely N-dealkylation sites (N-methyl/N-ethyl adjacent to an activating group) is 1. The molecule has 0 N–H and O–H groups in total. The fourth-order valence-corrected chi connectivity index (χ4v) is 5.75. The highest BCUT2D eigenvalue weighted by molar-refractivity contribution is 6.41. The highest BCUT2D eigenvalue weighted by Gasteiger charge is 2.53. The van der Waals surface area contributed by atoms with E-state index in [0.717, 1.165) is 34.6 Å². The molecule has 4 aromatic carbocycles. The topological polar surface area (TPSA) is 62.2 Å². The Bertz CT molecular complexity index is 1700. The Morgan fingerprint density at radius 2 is 1.53 bits per heavy atom. The van der Waals surface area contributed by atoms with Crippen LogP contribution in [0.25, 0.3) is 6.08 Å². The lowest BCUT2D eigenvalue weighted by atomic mass is 9.83. The zero-order chi connectivity index (χ0) is 30.1. The molecule has 4 aromatic rings. The van der Waals surface area contributed by atoms with E-state index in [1.165, 1.54) is 13.2 Å². The number of piperidine rings is 1. The van der Waals surface area contributed by atoms with Crippen LogP contribution >= 0.6 is 0 Å². The summed E-state index contributed by atoms with van der Waals surface area (Å²) in [7, 11) is 13.5. The highest BCUT2D eigenvalue weighted by Crippen LogP contribution is 2.51. The molecule has 2 aliphatic rings. The van der Waals surface area contributed by atoms with E-state index in [-0.39, 0.29) is 34.5 Å². The molecule has 43 heavy (non-hydrogen) atoms. The first-order chi connectivity index (χ1) is 20.9. The van der Waals surface area contributed by atoms with Gasteiger partial charge in [-0.25, -0.2) is 9.79 Å². The molecule has 1 heterocycles. The van der Waals surface area contributed by atoms with Crippen LogP contribution in [0.3, 0.4) is 0 Å². The maximum Gasteiger partial charge on any atom is 0.340 e. The molecule has 1 saturated carbocycles. The fraction of sp³-hybridized carbons (Fsp3) is 0.171. The number of ether oxygens (including phenoxy) is 1. The monoisotopic (exact) mass is 561 g/mol. The van der Waals surface area contributed by atoms with Gasteiger partial charge in [-0.2, -0.15) is 0 Å². The third-order valence-electron chi connectivity index (χ3n) is 7.90. The number of methoxy groups -OCH3 is 1. The van der Waals surface area contributed by atoms with Crippen LogP contribution in [-0.2, 0) is 9.53 Å². The number of likely N-dealkylation sites (tertiary alicyclic amines) is 1. The number of para-hydroxylation sites is 2. The average Bonchev–Trinajstić information content (AvgIpc) is 3.83. The summed E-state index contributed by atoms with van der Waals surface area (Å²) in [6.45, 7) is 2.35. The molecule has 0 aromatic heterocycles. The third kappa shape index (κ3) is 5.53. The number of benzene rings is 4. The average molecular weight is 561 g/mol. The van der Waals surface area contributed by atoms with E-state index in [2.05, 4.69) is 41.3 Å². The summed E-state index contributed by atoms with van der Waals surface area (Å²) in [5, 5.41) is 0. The van der Waals surface area contributed by atoms with Crippen LogP contribution in [0.15, 0.2) is 108 Å². The van der Waals surface area contributed by atoms with Crippen molar-refractivity contribution >= 4 is 73.2 Å². The van der Waals surface area contributed by atoms with Crippen molar-refractivity contribution in [3.63, 3.8) is 0 Å². The van der Waals surface area contributed by atoms with Gasteiger partial charge in [0.15, 0.2) is 0 Å². The van der Waals surface area contributed by atoms with Gasteiger partial charge in [-0.3, -0.25) is 9.69 Å². The number of rotatable bonds is 7. The van der Waals surface area contributed by atoms with E-state index in [1.54, 1.807) is 11.0 Å². The number of nitrogens with zero attached hydrogens (tertiary/aromatic N) is 3. The number of carbonyl (C=O) groups is 2. The van der Waals surface area contributed by atoms with Gasteiger partial charge >= 0.3 is 5.97 Å². The molecule has 2 fully saturated rings. The van der Waals surface area contributed by atoms with Crippen molar-refractivity contribution in [2.24, 2.45) is 16.8 Å². The molecule has 1 aliphatic heterocycles. The number of hydrogen-bond acceptors (Lipinski definition) is 5. The van der Waals surface area contributed by atoms with E-state index in [1.807, 2.05) is 61.5 Å². The lowest BCUT2D eigenvalue weighted by molar-refractivity contribution is -0.124. The molecule has 1 saturated heterocycles. The smallest absolute Gasteiger partial charge is 0.340 e. The van der Waals surface area contributed by atoms with Gasteiger partial charge in [-0.15, -0.1) is 0 Å². The first-order valence-corrected chi connectivity index (χ1v) is 14.3. The number of anilines is 3. The predicted octanol–water partition coefficient (Wildman–Crippen LogP) is 5.14. The SMILES string of the molecule is [B]c1cc([B])c(N=C2[C@H]3C[C@H]3/C(=C/c3ccc(N(c4ccccc4)c4ccccc4)cc3)C(=O)N2CC)c(C(=O)OC)c1. The minimum Gasteiger partial charge on any atom is -0.465 e. The minimum absolute atomic E-state index is 0.0513. The molecule has 2 atom stereocenters. The van der Waals surface area contributed by atoms with Crippen molar-refractivity contribution in [3.8, 4) is 0 Å². The van der Waals surface area contributed by atoms with Gasteiger partial charge < -0.3 is 9.64 Å². The van der Waals surface area contributed by atoms with Gasteiger partial charge in [0.25, 0.3) is 5.91 Å². The van der Waals surface area contributed by atoms with Crippen molar-refractivity contribution in [3.05, 3.63) is 114 Å². The minimum atomic E-state index is -0.585. The van der Waals surface area contributed by atoms with E-state index < -0.39 is 5.97 Å². The van der Waals surface area contributed by atoms with Crippen molar-refractivity contribution in [2.75, 3.05) is 18.6 Å². The van der Waals surface area contributed by atoms with Gasteiger partial charge in [0.05, 0.1) is 18.4 Å². The van der Waals surface area contributed by atoms with Gasteiger partial charge in [0.1, 0.15) is 21.5 Å². The summed E-state index contributed by atoms with van der Waals surface area (Å²) in [5.74, 6) is 0.0478. The summed E-state index contributed by atoms with van der Waals surface area (Å²) >= 11 is 0. The lowest BCUT2D eigenvalue weighted by Gasteiger charge is -2.29. The molecule has 8 heteroatoms. The molecular weight excluding hydrogens is 532 g/mol. The van der Waals surface area contributed by atoms with Crippen molar-refractivity contribution in [1.29, 1.82) is 0 Å². The van der Waals surface area contributed by atoms with Crippen LogP contribution in [0.1, 0.15) is 29.3 Å². The zero-order valence-corrected chi connectivity index (χ0v) is 24.1. The Labute approximate surface area is 254 Å². The van der Waals surface area contributed by atoms with Gasteiger partial charge in [0, 0.05) is 35.1 Å². The van der Waals surface area contributed by atoms with E-state index in [9.17, 15) is 9.59 Å². The first-order valence-electron chi connectivity index (χ1n) is 14.3. The second-order valence-corrected chi connectivity index (χ2v) is 10.7. The highest BCUT2D eigenvalue weighted by atomic mass is 16.5. The number of carbonyl (C=O) groups excluding carboxylic acids is 2. The number of esters is 1. The Morgan fingerprint density at radius 1 is 0.930 bits per heavy atom. The summed E-state index contributed by atoms with van der Waals surface area (Å²) in [5.41, 5.74) is 5.90. The number of aliphatic imine (C=N–C) groups is 1. The van der Waals surface area contributed by atoms with Gasteiger partial charge in [-0.1, -0.05) is 71.6 Å². The molecule has 6 rings (SSSR count). The van der Waals surface area contributed by atoms with Crippen LogP contribution in [0, 0.1) is 11.8 Å². The second kappa shape index (κ2) is 11.8. The molecule has 4 radical (unpaired) electrons. The van der Waals surface area contributed by atoms with E-state index in [0.29, 0.717) is 17.8 Å². The summed E-state index contributed by atoms with van der Waals surface area (Å²) in [6.07, 6.45) is 2.78. The largest absolute Gasteiger partial charge is 0.465 e. The Kier molecular flexibility index (Phi) is 7.76. The molecular formula is C35H29B2N3O3. The van der Waals surface area contributed by atoms with Crippen LogP contribution < -0.4 is 15.8 Å². The molecule has 0 spiro atoms. The predicted molar refractivity (Wildman–Crippen MR) is 174 cm³/mol. The number of hydrogen-bond donors (Lipinski definition) is 0. The first kappa shape index (κ1) is 28.3. The number of amidine groups is 1. The van der Waals surface area contributed by atoms with Gasteiger partial charge in [0.2, 0.25) is 0 Å². The Morgan fingerprint density at radius 3 is 2.12 bits per heavy atom. The van der Waals surface area contributed by atoms with Crippen molar-refractivity contribution < 1.29 is 14.3 Å². The molecule has 0 unspecified atom stereocenters. The van der Waals surface area contributed by atoms with E-state index >= 15 is 0 Å². The van der Waals surface area contributed by atoms with Crippen molar-refractivity contribution in [1.82, 2.24) is 4.90 Å².